The minimum absolute atomic E-state index is 0.0339. The van der Waals surface area contributed by atoms with E-state index in [1.807, 2.05) is 13.8 Å². The van der Waals surface area contributed by atoms with Gasteiger partial charge < -0.3 is 15.0 Å². The summed E-state index contributed by atoms with van der Waals surface area (Å²) in [7, 11) is -2.31. The molecular formula is C24H31Cl2N3O5S. The fraction of sp³-hybridized carbons (Fsp3) is 0.417. The predicted molar refractivity (Wildman–Crippen MR) is 140 cm³/mol. The number of hydrogen-bond donors (Lipinski definition) is 1. The van der Waals surface area contributed by atoms with Crippen LogP contribution in [0, 0.1) is 5.92 Å². The lowest BCUT2D eigenvalue weighted by molar-refractivity contribution is -0.139. The van der Waals surface area contributed by atoms with E-state index in [0.29, 0.717) is 33.6 Å². The number of nitrogens with zero attached hydrogens (tertiary/aromatic N) is 2. The second kappa shape index (κ2) is 12.5. The lowest BCUT2D eigenvalue weighted by Crippen LogP contribution is -2.51. The molecule has 2 amide bonds. The van der Waals surface area contributed by atoms with Gasteiger partial charge in [0.05, 0.1) is 29.1 Å². The number of carbonyl (C=O) groups is 2. The molecule has 0 aromatic heterocycles. The Morgan fingerprint density at radius 2 is 1.66 bits per heavy atom. The lowest BCUT2D eigenvalue weighted by Gasteiger charge is -2.31. The molecule has 0 heterocycles. The number of ether oxygens (including phenoxy) is 1. The summed E-state index contributed by atoms with van der Waals surface area (Å²) in [4.78, 5) is 27.7. The van der Waals surface area contributed by atoms with Crippen molar-refractivity contribution in [1.82, 2.24) is 10.2 Å². The number of rotatable bonds is 11. The van der Waals surface area contributed by atoms with Gasteiger partial charge in [0.1, 0.15) is 18.3 Å². The van der Waals surface area contributed by atoms with Gasteiger partial charge in [-0.15, -0.1) is 0 Å². The van der Waals surface area contributed by atoms with Crippen molar-refractivity contribution in [1.29, 1.82) is 0 Å². The molecule has 0 aliphatic carbocycles. The molecule has 8 nitrogen and oxygen atoms in total. The Bertz CT molecular complexity index is 1140. The molecular weight excluding hydrogens is 513 g/mol. The van der Waals surface area contributed by atoms with Gasteiger partial charge in [-0.05, 0) is 54.8 Å². The number of amides is 2. The van der Waals surface area contributed by atoms with E-state index in [0.717, 1.165) is 10.6 Å². The number of sulfonamides is 1. The maximum absolute atomic E-state index is 13.5. The summed E-state index contributed by atoms with van der Waals surface area (Å²) in [5.74, 6) is -0.127. The van der Waals surface area contributed by atoms with Crippen molar-refractivity contribution in [3.05, 3.63) is 58.1 Å². The van der Waals surface area contributed by atoms with E-state index >= 15 is 0 Å². The van der Waals surface area contributed by atoms with E-state index in [4.69, 9.17) is 27.9 Å². The van der Waals surface area contributed by atoms with Crippen LogP contribution in [0.4, 0.5) is 5.69 Å². The normalized spacial score (nSPS) is 12.2. The van der Waals surface area contributed by atoms with Crippen molar-refractivity contribution in [2.24, 2.45) is 5.92 Å². The quantitative estimate of drug-likeness (QED) is 0.462. The molecule has 1 N–H and O–H groups in total. The number of benzene rings is 2. The fourth-order valence-electron chi connectivity index (χ4n) is 3.23. The van der Waals surface area contributed by atoms with Crippen LogP contribution in [0.25, 0.3) is 0 Å². The van der Waals surface area contributed by atoms with Crippen LogP contribution < -0.4 is 14.4 Å². The Balaban J connectivity index is 2.38. The maximum atomic E-state index is 13.5. The second-order valence-corrected chi connectivity index (χ2v) is 11.3. The third-order valence-corrected chi connectivity index (χ3v) is 7.11. The topological polar surface area (TPSA) is 96.0 Å². The molecule has 0 aliphatic heterocycles. The number of methoxy groups -OCH3 is 1. The number of hydrogen-bond acceptors (Lipinski definition) is 5. The summed E-state index contributed by atoms with van der Waals surface area (Å²) >= 11 is 12.2. The van der Waals surface area contributed by atoms with E-state index in [-0.39, 0.29) is 18.4 Å². The van der Waals surface area contributed by atoms with Crippen LogP contribution >= 0.6 is 23.2 Å². The molecule has 35 heavy (non-hydrogen) atoms. The number of carbonyl (C=O) groups excluding carboxylic acids is 2. The lowest BCUT2D eigenvalue weighted by atomic mass is 10.1. The molecule has 0 fully saturated rings. The molecule has 2 rings (SSSR count). The molecule has 0 saturated carbocycles. The molecule has 192 valence electrons. The van der Waals surface area contributed by atoms with Gasteiger partial charge in [-0.3, -0.25) is 13.9 Å². The monoisotopic (exact) mass is 543 g/mol. The van der Waals surface area contributed by atoms with Gasteiger partial charge in [0, 0.05) is 13.1 Å². The van der Waals surface area contributed by atoms with Gasteiger partial charge in [0.2, 0.25) is 21.8 Å². The highest BCUT2D eigenvalue weighted by atomic mass is 35.5. The predicted octanol–water partition coefficient (Wildman–Crippen LogP) is 3.96. The Labute approximate surface area is 217 Å². The largest absolute Gasteiger partial charge is 0.497 e. The Hall–Kier alpha value is -2.49. The van der Waals surface area contributed by atoms with Crippen LogP contribution in [0.5, 0.6) is 5.75 Å². The van der Waals surface area contributed by atoms with E-state index < -0.39 is 28.5 Å². The van der Waals surface area contributed by atoms with Crippen molar-refractivity contribution >= 4 is 50.7 Å². The SMILES string of the molecule is COc1ccc(N(CC(=O)N(Cc2ccc(Cl)c(Cl)c2)[C@@H](C)C(=O)NCC(C)C)S(C)(=O)=O)cc1. The first-order chi connectivity index (χ1) is 16.3. The molecule has 0 radical (unpaired) electrons. The smallest absolute Gasteiger partial charge is 0.244 e. The Morgan fingerprint density at radius 1 is 1.03 bits per heavy atom. The van der Waals surface area contributed by atoms with E-state index in [1.165, 1.54) is 12.0 Å². The van der Waals surface area contributed by atoms with Gasteiger partial charge in [-0.25, -0.2) is 8.42 Å². The molecule has 0 saturated heterocycles. The van der Waals surface area contributed by atoms with Gasteiger partial charge in [0.25, 0.3) is 0 Å². The van der Waals surface area contributed by atoms with E-state index in [1.54, 1.807) is 49.4 Å². The first-order valence-electron chi connectivity index (χ1n) is 11.0. The van der Waals surface area contributed by atoms with Crippen LogP contribution in [0.1, 0.15) is 26.3 Å². The first kappa shape index (κ1) is 28.7. The summed E-state index contributed by atoms with van der Waals surface area (Å²) in [5, 5.41) is 3.50. The summed E-state index contributed by atoms with van der Waals surface area (Å²) in [6.45, 7) is 5.51. The Morgan fingerprint density at radius 3 is 2.17 bits per heavy atom. The summed E-state index contributed by atoms with van der Waals surface area (Å²) in [6.07, 6.45) is 1.02. The highest BCUT2D eigenvalue weighted by Crippen LogP contribution is 2.25. The summed E-state index contributed by atoms with van der Waals surface area (Å²) < 4.78 is 31.3. The van der Waals surface area contributed by atoms with Crippen LogP contribution in [-0.4, -0.2) is 57.6 Å². The van der Waals surface area contributed by atoms with Crippen molar-refractivity contribution in [2.45, 2.75) is 33.4 Å². The minimum Gasteiger partial charge on any atom is -0.497 e. The second-order valence-electron chi connectivity index (χ2n) is 8.55. The van der Waals surface area contributed by atoms with Crippen molar-refractivity contribution in [2.75, 3.05) is 30.8 Å². The van der Waals surface area contributed by atoms with Crippen LogP contribution in [-0.2, 0) is 26.2 Å². The molecule has 0 aliphatic rings. The first-order valence-corrected chi connectivity index (χ1v) is 13.6. The molecule has 11 heteroatoms. The molecule has 2 aromatic carbocycles. The van der Waals surface area contributed by atoms with Crippen LogP contribution in [0.2, 0.25) is 10.0 Å². The standard InChI is InChI=1S/C24H31Cl2N3O5S/c1-16(2)13-27-24(31)17(3)28(14-18-6-11-21(25)22(26)12-18)23(30)15-29(35(5,32)33)19-7-9-20(34-4)10-8-19/h6-12,16-17H,13-15H2,1-5H3,(H,27,31)/t17-/m0/s1. The highest BCUT2D eigenvalue weighted by molar-refractivity contribution is 7.92. The third-order valence-electron chi connectivity index (χ3n) is 5.23. The number of anilines is 1. The van der Waals surface area contributed by atoms with Gasteiger partial charge >= 0.3 is 0 Å². The van der Waals surface area contributed by atoms with E-state index in [9.17, 15) is 18.0 Å². The molecule has 1 atom stereocenters. The van der Waals surface area contributed by atoms with Crippen molar-refractivity contribution < 1.29 is 22.7 Å². The highest BCUT2D eigenvalue weighted by Gasteiger charge is 2.30. The Kier molecular flexibility index (Phi) is 10.2. The maximum Gasteiger partial charge on any atom is 0.244 e. The third kappa shape index (κ3) is 8.30. The number of halogens is 2. The molecule has 0 unspecified atom stereocenters. The van der Waals surface area contributed by atoms with Crippen molar-refractivity contribution in [3.8, 4) is 5.75 Å². The van der Waals surface area contributed by atoms with Crippen molar-refractivity contribution in [3.63, 3.8) is 0 Å². The molecule has 0 bridgehead atoms. The molecule has 0 spiro atoms. The van der Waals surface area contributed by atoms with Gasteiger partial charge in [0.15, 0.2) is 0 Å². The average Bonchev–Trinajstić information content (AvgIpc) is 2.80. The molecule has 2 aromatic rings. The van der Waals surface area contributed by atoms with Gasteiger partial charge in [-0.2, -0.15) is 0 Å². The van der Waals surface area contributed by atoms with E-state index in [2.05, 4.69) is 5.32 Å². The summed E-state index contributed by atoms with van der Waals surface area (Å²) in [5.41, 5.74) is 0.944. The minimum atomic E-state index is -3.81. The fourth-order valence-corrected chi connectivity index (χ4v) is 4.40. The average molecular weight is 545 g/mol. The zero-order valence-corrected chi connectivity index (χ0v) is 22.7. The summed E-state index contributed by atoms with van der Waals surface area (Å²) in [6, 6.07) is 10.4. The zero-order chi connectivity index (χ0) is 26.3. The van der Waals surface area contributed by atoms with Crippen LogP contribution in [0.3, 0.4) is 0 Å². The zero-order valence-electron chi connectivity index (χ0n) is 20.4. The van der Waals surface area contributed by atoms with Gasteiger partial charge in [-0.1, -0.05) is 43.1 Å². The number of nitrogens with one attached hydrogen (secondary N) is 1. The van der Waals surface area contributed by atoms with Crippen LogP contribution in [0.15, 0.2) is 42.5 Å².